The van der Waals surface area contributed by atoms with Crippen LogP contribution < -0.4 is 10.1 Å². The van der Waals surface area contributed by atoms with Gasteiger partial charge in [-0.3, -0.25) is 4.98 Å². The summed E-state index contributed by atoms with van der Waals surface area (Å²) in [6.07, 6.45) is 1.81. The molecule has 1 unspecified atom stereocenters. The lowest BCUT2D eigenvalue weighted by molar-refractivity contribution is 0.400. The Morgan fingerprint density at radius 2 is 2.00 bits per heavy atom. The monoisotopic (exact) mass is 270 g/mol. The molecular formula is C17H22N2O. The molecule has 0 aliphatic heterocycles. The van der Waals surface area contributed by atoms with Gasteiger partial charge in [0.15, 0.2) is 0 Å². The second-order valence-corrected chi connectivity index (χ2v) is 4.87. The van der Waals surface area contributed by atoms with Crippen molar-refractivity contribution >= 4 is 0 Å². The van der Waals surface area contributed by atoms with E-state index in [-0.39, 0.29) is 6.04 Å². The summed E-state index contributed by atoms with van der Waals surface area (Å²) >= 11 is 0. The highest BCUT2D eigenvalue weighted by Crippen LogP contribution is 2.30. The number of ether oxygens (including phenoxy) is 1. The van der Waals surface area contributed by atoms with Gasteiger partial charge < -0.3 is 10.1 Å². The standard InChI is InChI=1S/C17H22N2O/c1-5-18-16(14-9-6-8-12(2)13(14)3)17-15(20-4)10-7-11-19-17/h6-11,16,18H,5H2,1-4H3. The lowest BCUT2D eigenvalue weighted by Crippen LogP contribution is -2.24. The lowest BCUT2D eigenvalue weighted by Gasteiger charge is -2.22. The van der Waals surface area contributed by atoms with E-state index in [0.717, 1.165) is 18.0 Å². The van der Waals surface area contributed by atoms with Crippen LogP contribution >= 0.6 is 0 Å². The average molecular weight is 270 g/mol. The molecule has 0 spiro atoms. The Morgan fingerprint density at radius 3 is 2.70 bits per heavy atom. The molecule has 0 saturated carbocycles. The molecule has 1 aromatic heterocycles. The van der Waals surface area contributed by atoms with E-state index in [0.29, 0.717) is 0 Å². The molecule has 0 radical (unpaired) electrons. The van der Waals surface area contributed by atoms with Crippen LogP contribution in [0.25, 0.3) is 0 Å². The van der Waals surface area contributed by atoms with Crippen LogP contribution in [-0.4, -0.2) is 18.6 Å². The van der Waals surface area contributed by atoms with Gasteiger partial charge in [0.05, 0.1) is 13.2 Å². The number of nitrogens with zero attached hydrogens (tertiary/aromatic N) is 1. The van der Waals surface area contributed by atoms with Crippen LogP contribution in [0.3, 0.4) is 0 Å². The fraction of sp³-hybridized carbons (Fsp3) is 0.353. The predicted octanol–water partition coefficient (Wildman–Crippen LogP) is 3.41. The van der Waals surface area contributed by atoms with Gasteiger partial charge in [-0.1, -0.05) is 25.1 Å². The number of methoxy groups -OCH3 is 1. The third-order valence-electron chi connectivity index (χ3n) is 3.66. The van der Waals surface area contributed by atoms with Crippen molar-refractivity contribution in [2.75, 3.05) is 13.7 Å². The molecule has 3 nitrogen and oxygen atoms in total. The number of aromatic nitrogens is 1. The van der Waals surface area contributed by atoms with Crippen LogP contribution in [-0.2, 0) is 0 Å². The van der Waals surface area contributed by atoms with Crippen molar-refractivity contribution in [3.63, 3.8) is 0 Å². The fourth-order valence-corrected chi connectivity index (χ4v) is 2.44. The Balaban J connectivity index is 2.53. The van der Waals surface area contributed by atoms with Crippen molar-refractivity contribution in [2.24, 2.45) is 0 Å². The van der Waals surface area contributed by atoms with Gasteiger partial charge in [-0.2, -0.15) is 0 Å². The number of pyridine rings is 1. The largest absolute Gasteiger partial charge is 0.495 e. The molecule has 0 bridgehead atoms. The molecule has 0 saturated heterocycles. The summed E-state index contributed by atoms with van der Waals surface area (Å²) in [4.78, 5) is 4.53. The maximum Gasteiger partial charge on any atom is 0.142 e. The Kier molecular flexibility index (Phi) is 4.74. The zero-order valence-electron chi connectivity index (χ0n) is 12.6. The number of benzene rings is 1. The van der Waals surface area contributed by atoms with E-state index in [1.54, 1.807) is 7.11 Å². The molecule has 2 aromatic rings. The lowest BCUT2D eigenvalue weighted by atomic mass is 9.94. The molecular weight excluding hydrogens is 248 g/mol. The molecule has 0 fully saturated rings. The summed E-state index contributed by atoms with van der Waals surface area (Å²) in [5.41, 5.74) is 4.78. The van der Waals surface area contributed by atoms with Crippen LogP contribution in [0.1, 0.15) is 35.3 Å². The topological polar surface area (TPSA) is 34.2 Å². The summed E-state index contributed by atoms with van der Waals surface area (Å²) in [6, 6.07) is 10.3. The zero-order chi connectivity index (χ0) is 14.5. The molecule has 0 amide bonds. The van der Waals surface area contributed by atoms with E-state index >= 15 is 0 Å². The van der Waals surface area contributed by atoms with Crippen molar-refractivity contribution in [1.29, 1.82) is 0 Å². The molecule has 0 aliphatic rings. The van der Waals surface area contributed by atoms with Crippen molar-refractivity contribution in [3.05, 3.63) is 58.9 Å². The normalized spacial score (nSPS) is 12.2. The van der Waals surface area contributed by atoms with E-state index in [4.69, 9.17) is 4.74 Å². The Bertz CT molecular complexity index is 581. The second-order valence-electron chi connectivity index (χ2n) is 4.87. The number of rotatable bonds is 5. The first-order chi connectivity index (χ1) is 9.69. The first-order valence-electron chi connectivity index (χ1n) is 6.97. The van der Waals surface area contributed by atoms with Crippen LogP contribution in [0.5, 0.6) is 5.75 Å². The Morgan fingerprint density at radius 1 is 1.20 bits per heavy atom. The van der Waals surface area contributed by atoms with Crippen LogP contribution in [0.2, 0.25) is 0 Å². The SMILES string of the molecule is CCNC(c1cccc(C)c1C)c1ncccc1OC. The van der Waals surface area contributed by atoms with Crippen LogP contribution in [0.4, 0.5) is 0 Å². The highest BCUT2D eigenvalue weighted by Gasteiger charge is 2.20. The minimum absolute atomic E-state index is 0.0519. The number of nitrogens with one attached hydrogen (secondary N) is 1. The smallest absolute Gasteiger partial charge is 0.142 e. The van der Waals surface area contributed by atoms with Crippen molar-refractivity contribution < 1.29 is 4.74 Å². The van der Waals surface area contributed by atoms with E-state index in [1.807, 2.05) is 18.3 Å². The van der Waals surface area contributed by atoms with Crippen LogP contribution in [0.15, 0.2) is 36.5 Å². The molecule has 2 rings (SSSR count). The van der Waals surface area contributed by atoms with Gasteiger partial charge in [0.25, 0.3) is 0 Å². The summed E-state index contributed by atoms with van der Waals surface area (Å²) in [5, 5.41) is 3.52. The van der Waals surface area contributed by atoms with Crippen molar-refractivity contribution in [1.82, 2.24) is 10.3 Å². The fourth-order valence-electron chi connectivity index (χ4n) is 2.44. The summed E-state index contributed by atoms with van der Waals surface area (Å²) in [5.74, 6) is 0.819. The molecule has 1 heterocycles. The summed E-state index contributed by atoms with van der Waals surface area (Å²) in [6.45, 7) is 7.27. The maximum absolute atomic E-state index is 5.46. The third kappa shape index (κ3) is 2.83. The average Bonchev–Trinajstić information content (AvgIpc) is 2.48. The van der Waals surface area contributed by atoms with E-state index in [1.165, 1.54) is 16.7 Å². The first kappa shape index (κ1) is 14.5. The van der Waals surface area contributed by atoms with E-state index < -0.39 is 0 Å². The molecule has 3 heteroatoms. The highest BCUT2D eigenvalue weighted by atomic mass is 16.5. The Labute approximate surface area is 121 Å². The van der Waals surface area contributed by atoms with E-state index in [9.17, 15) is 0 Å². The number of hydrogen-bond acceptors (Lipinski definition) is 3. The minimum Gasteiger partial charge on any atom is -0.495 e. The molecule has 1 atom stereocenters. The molecule has 1 N–H and O–H groups in total. The van der Waals surface area contributed by atoms with Gasteiger partial charge in [0.2, 0.25) is 0 Å². The zero-order valence-corrected chi connectivity index (χ0v) is 12.6. The molecule has 106 valence electrons. The van der Waals surface area contributed by atoms with Gasteiger partial charge in [0, 0.05) is 6.20 Å². The third-order valence-corrected chi connectivity index (χ3v) is 3.66. The highest BCUT2D eigenvalue weighted by molar-refractivity contribution is 5.42. The quantitative estimate of drug-likeness (QED) is 0.904. The number of hydrogen-bond donors (Lipinski definition) is 1. The first-order valence-corrected chi connectivity index (χ1v) is 6.97. The molecule has 20 heavy (non-hydrogen) atoms. The van der Waals surface area contributed by atoms with Gasteiger partial charge in [0.1, 0.15) is 11.4 Å². The van der Waals surface area contributed by atoms with Crippen molar-refractivity contribution in [3.8, 4) is 5.75 Å². The van der Waals surface area contributed by atoms with Gasteiger partial charge >= 0.3 is 0 Å². The molecule has 0 aliphatic carbocycles. The van der Waals surface area contributed by atoms with Gasteiger partial charge in [-0.15, -0.1) is 0 Å². The summed E-state index contributed by atoms with van der Waals surface area (Å²) < 4.78 is 5.46. The minimum atomic E-state index is 0.0519. The van der Waals surface area contributed by atoms with Crippen LogP contribution in [0, 0.1) is 13.8 Å². The maximum atomic E-state index is 5.46. The summed E-state index contributed by atoms with van der Waals surface area (Å²) in [7, 11) is 1.69. The second kappa shape index (κ2) is 6.53. The van der Waals surface area contributed by atoms with Crippen molar-refractivity contribution in [2.45, 2.75) is 26.8 Å². The Hall–Kier alpha value is -1.87. The van der Waals surface area contributed by atoms with Gasteiger partial charge in [-0.05, 0) is 49.2 Å². The molecule has 1 aromatic carbocycles. The predicted molar refractivity (Wildman–Crippen MR) is 82.2 cm³/mol. The number of aryl methyl sites for hydroxylation is 1. The van der Waals surface area contributed by atoms with Gasteiger partial charge in [-0.25, -0.2) is 0 Å². The van der Waals surface area contributed by atoms with E-state index in [2.05, 4.69) is 49.3 Å².